The number of anilines is 2. The minimum absolute atomic E-state index is 0.0156. The highest BCUT2D eigenvalue weighted by atomic mass is 32.2. The second kappa shape index (κ2) is 20.4. The van der Waals surface area contributed by atoms with Gasteiger partial charge >= 0.3 is 18.2 Å². The summed E-state index contributed by atoms with van der Waals surface area (Å²) in [7, 11) is -4.62. The SMILES string of the molecule is CCCNC(=O)c1ccc([N+](=O)[O-])c(COC(=O)N(C)c2ccc3c(c2)[Si](C)(C)c2cc(N(C)C(=O)OCc4cc(C(=O)NCCS(=O)(=O)O)ccc4[N+](=O)[O-])ccc2C32OC(=O)c3c(C(C)=O)cccc32)c1. The highest BCUT2D eigenvalue weighted by molar-refractivity contribution is 7.85. The number of carbonyl (C=O) groups excluding carboxylic acids is 6. The summed E-state index contributed by atoms with van der Waals surface area (Å²) in [5.41, 5.74) is -0.378. The third kappa shape index (κ3) is 10.2. The predicted molar refractivity (Wildman–Crippen MR) is 266 cm³/mol. The van der Waals surface area contributed by atoms with Gasteiger partial charge in [-0.2, -0.15) is 8.42 Å². The number of nitrogens with zero attached hydrogens (tertiary/aromatic N) is 4. The zero-order valence-electron chi connectivity index (χ0n) is 40.2. The van der Waals surface area contributed by atoms with E-state index in [0.717, 1.165) is 23.1 Å². The Morgan fingerprint density at radius 3 is 1.64 bits per heavy atom. The second-order valence-corrected chi connectivity index (χ2v) is 23.6. The van der Waals surface area contributed by atoms with Crippen LogP contribution in [0.1, 0.15) is 89.5 Å². The number of hydrogen-bond donors (Lipinski definition) is 3. The molecule has 2 heterocycles. The van der Waals surface area contributed by atoms with Gasteiger partial charge in [-0.1, -0.05) is 50.3 Å². The molecule has 24 heteroatoms. The Balaban J connectivity index is 1.23. The Kier molecular flexibility index (Phi) is 14.7. The van der Waals surface area contributed by atoms with Crippen LogP contribution in [-0.4, -0.2) is 99.6 Å². The minimum atomic E-state index is -4.39. The van der Waals surface area contributed by atoms with Crippen molar-refractivity contribution >= 4 is 87.1 Å². The van der Waals surface area contributed by atoms with Gasteiger partial charge in [-0.25, -0.2) is 14.4 Å². The van der Waals surface area contributed by atoms with Crippen LogP contribution in [0.3, 0.4) is 0 Å². The van der Waals surface area contributed by atoms with Crippen LogP contribution in [0.2, 0.25) is 13.1 Å². The zero-order valence-corrected chi connectivity index (χ0v) is 42.0. The lowest BCUT2D eigenvalue weighted by atomic mass is 9.78. The van der Waals surface area contributed by atoms with Crippen molar-refractivity contribution in [2.45, 2.75) is 52.2 Å². The van der Waals surface area contributed by atoms with Gasteiger partial charge in [0.25, 0.3) is 33.3 Å². The Morgan fingerprint density at radius 1 is 0.726 bits per heavy atom. The smallest absolute Gasteiger partial charge is 0.414 e. The number of nitrogens with one attached hydrogen (secondary N) is 2. The van der Waals surface area contributed by atoms with Crippen LogP contribution in [0, 0.1) is 20.2 Å². The highest BCUT2D eigenvalue weighted by Gasteiger charge is 2.57. The van der Waals surface area contributed by atoms with E-state index in [4.69, 9.17) is 18.8 Å². The molecule has 22 nitrogen and oxygen atoms in total. The van der Waals surface area contributed by atoms with Gasteiger partial charge in [0.15, 0.2) is 11.4 Å². The van der Waals surface area contributed by atoms with Gasteiger partial charge < -0.3 is 24.8 Å². The number of amides is 4. The largest absolute Gasteiger partial charge is 0.444 e. The molecule has 2 aliphatic rings. The Morgan fingerprint density at radius 2 is 1.21 bits per heavy atom. The number of nitro benzene ring substituents is 2. The molecule has 73 heavy (non-hydrogen) atoms. The predicted octanol–water partition coefficient (Wildman–Crippen LogP) is 5.61. The van der Waals surface area contributed by atoms with Crippen LogP contribution in [0.15, 0.2) is 91.0 Å². The molecule has 0 saturated heterocycles. The van der Waals surface area contributed by atoms with Gasteiger partial charge in [0, 0.05) is 84.1 Å². The second-order valence-electron chi connectivity index (χ2n) is 17.7. The molecule has 0 aliphatic carbocycles. The van der Waals surface area contributed by atoms with Crippen molar-refractivity contribution in [2.75, 3.05) is 42.7 Å². The van der Waals surface area contributed by atoms with E-state index >= 15 is 0 Å². The summed E-state index contributed by atoms with van der Waals surface area (Å²) in [4.78, 5) is 105. The van der Waals surface area contributed by atoms with Crippen LogP contribution in [0.25, 0.3) is 0 Å². The molecule has 380 valence electrons. The van der Waals surface area contributed by atoms with Crippen molar-refractivity contribution in [2.24, 2.45) is 0 Å². The molecule has 2 aliphatic heterocycles. The van der Waals surface area contributed by atoms with E-state index in [0.29, 0.717) is 45.7 Å². The molecule has 0 aromatic heterocycles. The van der Waals surface area contributed by atoms with Gasteiger partial charge in [0.1, 0.15) is 21.3 Å². The van der Waals surface area contributed by atoms with Crippen molar-refractivity contribution in [1.82, 2.24) is 10.6 Å². The van der Waals surface area contributed by atoms with E-state index in [-0.39, 0.29) is 50.5 Å². The number of hydrogen-bond acceptors (Lipinski definition) is 15. The fraction of sp³-hybridized carbons (Fsp3) is 0.265. The summed E-state index contributed by atoms with van der Waals surface area (Å²) in [6, 6.07) is 22.0. The number of rotatable bonds is 16. The van der Waals surface area contributed by atoms with Crippen molar-refractivity contribution in [3.8, 4) is 0 Å². The lowest BCUT2D eigenvalue weighted by Crippen LogP contribution is -2.63. The van der Waals surface area contributed by atoms with Gasteiger partial charge in [-0.15, -0.1) is 0 Å². The number of carbonyl (C=O) groups is 6. The lowest BCUT2D eigenvalue weighted by molar-refractivity contribution is -0.386. The molecular formula is C49H48N6O16SSi. The van der Waals surface area contributed by atoms with Crippen molar-refractivity contribution < 1.29 is 65.8 Å². The molecule has 5 aromatic carbocycles. The number of esters is 1. The topological polar surface area (TPSA) is 301 Å². The average molecular weight is 1040 g/mol. The Labute approximate surface area is 418 Å². The van der Waals surface area contributed by atoms with E-state index in [1.54, 1.807) is 48.5 Å². The Bertz CT molecular complexity index is 3290. The Hall–Kier alpha value is -8.35. The lowest BCUT2D eigenvalue weighted by Gasteiger charge is -2.44. The number of benzene rings is 5. The van der Waals surface area contributed by atoms with E-state index in [9.17, 15) is 57.4 Å². The molecule has 5 aromatic rings. The summed E-state index contributed by atoms with van der Waals surface area (Å²) in [5.74, 6) is -3.18. The molecule has 4 amide bonds. The van der Waals surface area contributed by atoms with Crippen molar-refractivity contribution in [3.05, 3.63) is 161 Å². The molecule has 1 spiro atoms. The molecule has 0 radical (unpaired) electrons. The molecular weight excluding hydrogens is 989 g/mol. The fourth-order valence-corrected chi connectivity index (χ4v) is 12.4. The summed E-state index contributed by atoms with van der Waals surface area (Å²) in [6.07, 6.45) is -1.20. The van der Waals surface area contributed by atoms with Gasteiger partial charge in [0.05, 0.1) is 32.3 Å². The summed E-state index contributed by atoms with van der Waals surface area (Å²) in [6.45, 7) is 5.91. The first-order valence-electron chi connectivity index (χ1n) is 22.5. The quantitative estimate of drug-likeness (QED) is 0.0206. The normalized spacial score (nSPS) is 14.9. The molecule has 1 atom stereocenters. The molecule has 0 bridgehead atoms. The standard InChI is InChI=1S/C49H48N6O16SSi/c1-7-19-50-44(57)29-11-17-39(54(62)63)31(22-29)26-69-47(60)52(3)33-13-15-36-41(24-33)73(5,6)42-25-34(14-16-37(42)49(36)38-10-8-9-35(28(2)56)43(38)46(59)71-49)53(4)48(61)70-27-32-23-30(12-18-40(32)55(64)65)45(58)51-20-21-72(66,67)68/h8-18,22-25H,7,19-21,26-27H2,1-6H3,(H,50,57)(H,51,58)(H,66,67,68). The van der Waals surface area contributed by atoms with Crippen LogP contribution < -0.4 is 30.8 Å². The first kappa shape index (κ1) is 52.5. The third-order valence-corrected chi connectivity index (χ3v) is 16.9. The number of Topliss-reactive ketones (excluding diaryl/α,β-unsaturated/α-hetero) is 1. The fourth-order valence-electron chi connectivity index (χ4n) is 8.88. The summed E-state index contributed by atoms with van der Waals surface area (Å²) < 4.78 is 48.8. The molecule has 1 unspecified atom stereocenters. The highest BCUT2D eigenvalue weighted by Crippen LogP contribution is 2.50. The molecule has 3 N–H and O–H groups in total. The third-order valence-electron chi connectivity index (χ3n) is 12.7. The summed E-state index contributed by atoms with van der Waals surface area (Å²) >= 11 is 0. The number of nitro groups is 2. The number of ether oxygens (including phenoxy) is 3. The maximum Gasteiger partial charge on any atom is 0.414 e. The van der Waals surface area contributed by atoms with Crippen LogP contribution >= 0.6 is 0 Å². The van der Waals surface area contributed by atoms with Crippen molar-refractivity contribution in [3.63, 3.8) is 0 Å². The van der Waals surface area contributed by atoms with Gasteiger partial charge in [0.2, 0.25) is 0 Å². The van der Waals surface area contributed by atoms with Crippen LogP contribution in [-0.2, 0) is 43.1 Å². The van der Waals surface area contributed by atoms with Crippen molar-refractivity contribution in [1.29, 1.82) is 0 Å². The summed E-state index contributed by atoms with van der Waals surface area (Å²) in [5, 5.41) is 30.2. The monoisotopic (exact) mass is 1040 g/mol. The minimum Gasteiger partial charge on any atom is -0.444 e. The number of ketones is 1. The van der Waals surface area contributed by atoms with Gasteiger partial charge in [-0.05, 0) is 72.2 Å². The van der Waals surface area contributed by atoms with E-state index in [1.165, 1.54) is 50.2 Å². The first-order valence-corrected chi connectivity index (χ1v) is 27.1. The molecule has 0 saturated carbocycles. The van der Waals surface area contributed by atoms with Crippen LogP contribution in [0.4, 0.5) is 32.3 Å². The number of fused-ring (bicyclic) bond motifs is 6. The van der Waals surface area contributed by atoms with E-state index < -0.39 is 94.8 Å². The average Bonchev–Trinajstić information content (AvgIpc) is 3.66. The molecule has 7 rings (SSSR count). The van der Waals surface area contributed by atoms with E-state index in [1.807, 2.05) is 20.0 Å². The maximum absolute atomic E-state index is 14.1. The zero-order chi connectivity index (χ0) is 53.3. The first-order chi connectivity index (χ1) is 34.4. The van der Waals surface area contributed by atoms with E-state index in [2.05, 4.69) is 10.6 Å². The van der Waals surface area contributed by atoms with Crippen LogP contribution in [0.5, 0.6) is 0 Å². The molecule has 0 fully saturated rings. The maximum atomic E-state index is 14.1. The van der Waals surface area contributed by atoms with Gasteiger partial charge in [-0.3, -0.25) is 49.0 Å².